The van der Waals surface area contributed by atoms with Crippen molar-refractivity contribution in [3.05, 3.63) is 0 Å². The molecule has 0 spiro atoms. The Balaban J connectivity index is 0.00000108. The van der Waals surface area contributed by atoms with Crippen LogP contribution in [0.1, 0.15) is 39.0 Å². The van der Waals surface area contributed by atoms with Crippen LogP contribution in [0.5, 0.6) is 0 Å². The van der Waals surface area contributed by atoms with Gasteiger partial charge in [0.25, 0.3) is 0 Å². The van der Waals surface area contributed by atoms with Crippen molar-refractivity contribution >= 4 is 12.4 Å². The number of likely N-dealkylation sites (tertiary alicyclic amines) is 1. The molecule has 3 fully saturated rings. The smallest absolute Gasteiger partial charge is 0.00482 e. The Morgan fingerprint density at radius 3 is 2.35 bits per heavy atom. The second kappa shape index (κ2) is 5.46. The molecule has 2 saturated heterocycles. The predicted octanol–water partition coefficient (Wildman–Crippen LogP) is 2.53. The Morgan fingerprint density at radius 2 is 1.82 bits per heavy atom. The van der Waals surface area contributed by atoms with Gasteiger partial charge in [0.05, 0.1) is 0 Å². The molecule has 0 aromatic heterocycles. The summed E-state index contributed by atoms with van der Waals surface area (Å²) in [6.07, 6.45) is 7.38. The van der Waals surface area contributed by atoms with Crippen LogP contribution in [0.2, 0.25) is 0 Å². The Hall–Kier alpha value is 0.210. The number of nitrogens with one attached hydrogen (secondary N) is 1. The van der Waals surface area contributed by atoms with Crippen molar-refractivity contribution in [3.63, 3.8) is 0 Å². The van der Waals surface area contributed by atoms with E-state index in [1.165, 1.54) is 64.8 Å². The lowest BCUT2D eigenvalue weighted by Gasteiger charge is -2.29. The Bertz CT molecular complexity index is 237. The summed E-state index contributed by atoms with van der Waals surface area (Å²) < 4.78 is 0. The zero-order valence-corrected chi connectivity index (χ0v) is 11.9. The second-order valence-electron chi connectivity index (χ2n) is 6.74. The van der Waals surface area contributed by atoms with E-state index < -0.39 is 0 Å². The molecule has 0 aromatic rings. The van der Waals surface area contributed by atoms with Crippen LogP contribution in [-0.2, 0) is 0 Å². The molecule has 0 radical (unpaired) electrons. The minimum atomic E-state index is 0. The highest BCUT2D eigenvalue weighted by Gasteiger charge is 2.38. The molecule has 1 N–H and O–H groups in total. The number of hydrogen-bond donors (Lipinski definition) is 1. The third-order valence-electron chi connectivity index (χ3n) is 5.11. The summed E-state index contributed by atoms with van der Waals surface area (Å²) in [5, 5.41) is 3.52. The standard InChI is InChI=1S/C14H26N2.ClH/c1-14(6-7-15-10-14)11-16-8-12-4-2-3-5-13(12)9-16;/h12-13,15H,2-11H2,1H3;1H/t12-,13+,14?;. The molecule has 2 aliphatic heterocycles. The van der Waals surface area contributed by atoms with Gasteiger partial charge in [-0.2, -0.15) is 0 Å². The molecule has 17 heavy (non-hydrogen) atoms. The van der Waals surface area contributed by atoms with Gasteiger partial charge in [-0.15, -0.1) is 12.4 Å². The van der Waals surface area contributed by atoms with E-state index in [4.69, 9.17) is 0 Å². The van der Waals surface area contributed by atoms with Crippen molar-refractivity contribution in [2.24, 2.45) is 17.3 Å². The van der Waals surface area contributed by atoms with E-state index in [2.05, 4.69) is 17.1 Å². The van der Waals surface area contributed by atoms with Gasteiger partial charge in [-0.1, -0.05) is 19.8 Å². The lowest BCUT2D eigenvalue weighted by molar-refractivity contribution is 0.201. The first-order valence-corrected chi connectivity index (χ1v) is 7.18. The maximum absolute atomic E-state index is 3.52. The molecule has 2 nitrogen and oxygen atoms in total. The van der Waals surface area contributed by atoms with E-state index in [9.17, 15) is 0 Å². The van der Waals surface area contributed by atoms with E-state index in [1.807, 2.05) is 0 Å². The highest BCUT2D eigenvalue weighted by Crippen LogP contribution is 2.37. The molecular weight excluding hydrogens is 232 g/mol. The maximum Gasteiger partial charge on any atom is 0.00482 e. The fourth-order valence-corrected chi connectivity index (χ4v) is 4.18. The van der Waals surface area contributed by atoms with Crippen molar-refractivity contribution < 1.29 is 0 Å². The van der Waals surface area contributed by atoms with Crippen LogP contribution >= 0.6 is 12.4 Å². The molecule has 1 unspecified atom stereocenters. The molecule has 3 aliphatic rings. The van der Waals surface area contributed by atoms with Gasteiger partial charge in [-0.3, -0.25) is 0 Å². The number of nitrogens with zero attached hydrogens (tertiary/aromatic N) is 1. The molecule has 1 aliphatic carbocycles. The quantitative estimate of drug-likeness (QED) is 0.819. The first-order valence-electron chi connectivity index (χ1n) is 7.18. The number of rotatable bonds is 2. The van der Waals surface area contributed by atoms with Crippen molar-refractivity contribution in [2.75, 3.05) is 32.7 Å². The zero-order chi connectivity index (χ0) is 11.0. The monoisotopic (exact) mass is 258 g/mol. The molecule has 0 aromatic carbocycles. The summed E-state index contributed by atoms with van der Waals surface area (Å²) in [4.78, 5) is 2.77. The molecular formula is C14H27ClN2. The van der Waals surface area contributed by atoms with Crippen molar-refractivity contribution in [1.82, 2.24) is 10.2 Å². The van der Waals surface area contributed by atoms with Gasteiger partial charge in [-0.25, -0.2) is 0 Å². The molecule has 3 heteroatoms. The van der Waals surface area contributed by atoms with Gasteiger partial charge in [0.1, 0.15) is 0 Å². The lowest BCUT2D eigenvalue weighted by Crippen LogP contribution is -2.36. The topological polar surface area (TPSA) is 15.3 Å². The molecule has 0 amide bonds. The molecule has 2 heterocycles. The van der Waals surface area contributed by atoms with Crippen molar-refractivity contribution in [1.29, 1.82) is 0 Å². The molecule has 0 bridgehead atoms. The molecule has 3 atom stereocenters. The largest absolute Gasteiger partial charge is 0.316 e. The Kier molecular flexibility index (Phi) is 4.38. The Labute approximate surface area is 112 Å². The number of fused-ring (bicyclic) bond motifs is 1. The SMILES string of the molecule is CC1(CN2C[C@H]3CCCC[C@H]3C2)CCNC1.Cl. The zero-order valence-electron chi connectivity index (χ0n) is 11.1. The van der Waals surface area contributed by atoms with Crippen LogP contribution in [0.25, 0.3) is 0 Å². The fourth-order valence-electron chi connectivity index (χ4n) is 4.18. The van der Waals surface area contributed by atoms with E-state index in [-0.39, 0.29) is 12.4 Å². The summed E-state index contributed by atoms with van der Waals surface area (Å²) in [6, 6.07) is 0. The summed E-state index contributed by atoms with van der Waals surface area (Å²) >= 11 is 0. The van der Waals surface area contributed by atoms with Crippen molar-refractivity contribution in [3.8, 4) is 0 Å². The highest BCUT2D eigenvalue weighted by atomic mass is 35.5. The van der Waals surface area contributed by atoms with Gasteiger partial charge >= 0.3 is 0 Å². The van der Waals surface area contributed by atoms with E-state index >= 15 is 0 Å². The summed E-state index contributed by atoms with van der Waals surface area (Å²) in [6.45, 7) is 9.08. The highest BCUT2D eigenvalue weighted by molar-refractivity contribution is 5.85. The minimum absolute atomic E-state index is 0. The van der Waals surface area contributed by atoms with Crippen LogP contribution in [0.15, 0.2) is 0 Å². The first-order chi connectivity index (χ1) is 7.75. The fraction of sp³-hybridized carbons (Fsp3) is 1.00. The molecule has 100 valence electrons. The van der Waals surface area contributed by atoms with E-state index in [0.717, 1.165) is 11.8 Å². The van der Waals surface area contributed by atoms with Gasteiger partial charge in [0.2, 0.25) is 0 Å². The third-order valence-corrected chi connectivity index (χ3v) is 5.11. The minimum Gasteiger partial charge on any atom is -0.316 e. The molecule has 3 rings (SSSR count). The van der Waals surface area contributed by atoms with E-state index in [0.29, 0.717) is 5.41 Å². The van der Waals surface area contributed by atoms with Gasteiger partial charge in [-0.05, 0) is 43.1 Å². The third kappa shape index (κ3) is 2.97. The summed E-state index contributed by atoms with van der Waals surface area (Å²) in [7, 11) is 0. The van der Waals surface area contributed by atoms with Gasteiger partial charge in [0.15, 0.2) is 0 Å². The van der Waals surface area contributed by atoms with Crippen LogP contribution in [0.4, 0.5) is 0 Å². The average molecular weight is 259 g/mol. The number of halogens is 1. The van der Waals surface area contributed by atoms with Gasteiger partial charge in [0, 0.05) is 26.2 Å². The first kappa shape index (κ1) is 13.6. The lowest BCUT2D eigenvalue weighted by atomic mass is 9.82. The van der Waals surface area contributed by atoms with Crippen LogP contribution in [0.3, 0.4) is 0 Å². The van der Waals surface area contributed by atoms with Crippen LogP contribution in [0, 0.1) is 17.3 Å². The number of hydrogen-bond acceptors (Lipinski definition) is 2. The predicted molar refractivity (Wildman–Crippen MR) is 74.7 cm³/mol. The maximum atomic E-state index is 3.52. The van der Waals surface area contributed by atoms with Crippen LogP contribution in [-0.4, -0.2) is 37.6 Å². The summed E-state index contributed by atoms with van der Waals surface area (Å²) in [5.41, 5.74) is 0.563. The van der Waals surface area contributed by atoms with Gasteiger partial charge < -0.3 is 10.2 Å². The Morgan fingerprint density at radius 1 is 1.18 bits per heavy atom. The van der Waals surface area contributed by atoms with Crippen molar-refractivity contribution in [2.45, 2.75) is 39.0 Å². The second-order valence-corrected chi connectivity index (χ2v) is 6.74. The normalized spacial score (nSPS) is 42.2. The summed E-state index contributed by atoms with van der Waals surface area (Å²) in [5.74, 6) is 2.10. The molecule has 1 saturated carbocycles. The van der Waals surface area contributed by atoms with Crippen LogP contribution < -0.4 is 5.32 Å². The average Bonchev–Trinajstić information content (AvgIpc) is 2.84. The van der Waals surface area contributed by atoms with E-state index in [1.54, 1.807) is 0 Å².